The van der Waals surface area contributed by atoms with Crippen LogP contribution in [0.4, 0.5) is 0 Å². The third-order valence-electron chi connectivity index (χ3n) is 4.18. The molecule has 96 valence electrons. The van der Waals surface area contributed by atoms with Crippen LogP contribution in [0.3, 0.4) is 0 Å². The van der Waals surface area contributed by atoms with Gasteiger partial charge in [-0.25, -0.2) is 0 Å². The van der Waals surface area contributed by atoms with Crippen LogP contribution in [0.5, 0.6) is 11.5 Å². The van der Waals surface area contributed by atoms with Crippen LogP contribution in [0.15, 0.2) is 18.2 Å². The van der Waals surface area contributed by atoms with Crippen molar-refractivity contribution in [3.8, 4) is 11.5 Å². The van der Waals surface area contributed by atoms with Crippen molar-refractivity contribution in [2.75, 3.05) is 33.1 Å². The second kappa shape index (κ2) is 3.87. The predicted octanol–water partition coefficient (Wildman–Crippen LogP) is 1.64. The molecule has 1 aromatic rings. The smallest absolute Gasteiger partial charge is 0.231 e. The highest BCUT2D eigenvalue weighted by atomic mass is 16.7. The van der Waals surface area contributed by atoms with Crippen LogP contribution in [-0.2, 0) is 11.3 Å². The number of ether oxygens (including phenoxy) is 3. The van der Waals surface area contributed by atoms with Crippen molar-refractivity contribution in [2.45, 2.75) is 13.0 Å². The van der Waals surface area contributed by atoms with E-state index in [-0.39, 0.29) is 0 Å². The van der Waals surface area contributed by atoms with Crippen molar-refractivity contribution in [1.29, 1.82) is 0 Å². The van der Waals surface area contributed by atoms with Gasteiger partial charge in [-0.15, -0.1) is 0 Å². The van der Waals surface area contributed by atoms with E-state index in [1.165, 1.54) is 25.1 Å². The maximum Gasteiger partial charge on any atom is 0.231 e. The Morgan fingerprint density at radius 3 is 2.83 bits per heavy atom. The lowest BCUT2D eigenvalue weighted by atomic mass is 9.85. The first-order valence-electron chi connectivity index (χ1n) is 6.52. The van der Waals surface area contributed by atoms with Gasteiger partial charge in [-0.3, -0.25) is 4.90 Å². The van der Waals surface area contributed by atoms with Crippen molar-refractivity contribution < 1.29 is 14.2 Å². The number of hydrogen-bond acceptors (Lipinski definition) is 4. The van der Waals surface area contributed by atoms with Crippen LogP contribution < -0.4 is 9.47 Å². The third kappa shape index (κ3) is 1.68. The molecule has 1 spiro atoms. The highest BCUT2D eigenvalue weighted by Gasteiger charge is 2.44. The van der Waals surface area contributed by atoms with Crippen LogP contribution in [0.25, 0.3) is 0 Å². The van der Waals surface area contributed by atoms with E-state index >= 15 is 0 Å². The van der Waals surface area contributed by atoms with E-state index in [2.05, 4.69) is 17.0 Å². The summed E-state index contributed by atoms with van der Waals surface area (Å²) in [5, 5.41) is 0. The average molecular weight is 247 g/mol. The molecule has 0 unspecified atom stereocenters. The Bertz CT molecular complexity index is 470. The predicted molar refractivity (Wildman–Crippen MR) is 65.7 cm³/mol. The quantitative estimate of drug-likeness (QED) is 0.795. The molecule has 0 radical (unpaired) electrons. The van der Waals surface area contributed by atoms with Crippen LogP contribution in [0.2, 0.25) is 0 Å². The Morgan fingerprint density at radius 2 is 2.06 bits per heavy atom. The highest BCUT2D eigenvalue weighted by molar-refractivity contribution is 5.44. The number of hydrogen-bond donors (Lipinski definition) is 0. The molecule has 0 N–H and O–H groups in total. The molecule has 4 rings (SSSR count). The zero-order chi connectivity index (χ0) is 12.0. The van der Waals surface area contributed by atoms with Gasteiger partial charge in [0.2, 0.25) is 6.79 Å². The van der Waals surface area contributed by atoms with Gasteiger partial charge in [0.1, 0.15) is 0 Å². The van der Waals surface area contributed by atoms with Gasteiger partial charge in [0.15, 0.2) is 11.5 Å². The third-order valence-corrected chi connectivity index (χ3v) is 4.18. The summed E-state index contributed by atoms with van der Waals surface area (Å²) in [6.07, 6.45) is 1.28. The monoisotopic (exact) mass is 247 g/mol. The number of nitrogens with zero attached hydrogens (tertiary/aromatic N) is 1. The molecule has 0 bridgehead atoms. The van der Waals surface area contributed by atoms with Crippen LogP contribution in [0, 0.1) is 5.41 Å². The zero-order valence-electron chi connectivity index (χ0n) is 10.4. The Hall–Kier alpha value is -1.26. The second-order valence-electron chi connectivity index (χ2n) is 5.64. The van der Waals surface area contributed by atoms with E-state index in [1.54, 1.807) is 0 Å². The van der Waals surface area contributed by atoms with Crippen molar-refractivity contribution in [1.82, 2.24) is 4.90 Å². The molecule has 0 amide bonds. The molecule has 3 aliphatic rings. The molecule has 3 heterocycles. The van der Waals surface area contributed by atoms with Crippen molar-refractivity contribution in [3.63, 3.8) is 0 Å². The lowest BCUT2D eigenvalue weighted by Gasteiger charge is -2.37. The van der Waals surface area contributed by atoms with Gasteiger partial charge in [-0.1, -0.05) is 6.07 Å². The minimum atomic E-state index is 0.350. The molecule has 2 fully saturated rings. The molecule has 0 saturated carbocycles. The Kier molecular flexibility index (Phi) is 2.29. The van der Waals surface area contributed by atoms with E-state index in [4.69, 9.17) is 14.2 Å². The number of likely N-dealkylation sites (tertiary alicyclic amines) is 1. The summed E-state index contributed by atoms with van der Waals surface area (Å²) in [4.78, 5) is 2.51. The van der Waals surface area contributed by atoms with Gasteiger partial charge >= 0.3 is 0 Å². The van der Waals surface area contributed by atoms with E-state index < -0.39 is 0 Å². The van der Waals surface area contributed by atoms with Gasteiger partial charge in [-0.05, 0) is 30.7 Å². The maximum absolute atomic E-state index is 5.42. The summed E-state index contributed by atoms with van der Waals surface area (Å²) in [6.45, 7) is 5.59. The lowest BCUT2D eigenvalue weighted by molar-refractivity contribution is -0.105. The molecular weight excluding hydrogens is 230 g/mol. The Labute approximate surface area is 106 Å². The number of rotatable bonds is 2. The minimum absolute atomic E-state index is 0.350. The number of fused-ring (bicyclic) bond motifs is 1. The largest absolute Gasteiger partial charge is 0.454 e. The normalized spacial score (nSPS) is 24.4. The van der Waals surface area contributed by atoms with Gasteiger partial charge in [0, 0.05) is 18.5 Å². The molecule has 0 atom stereocenters. The molecule has 2 saturated heterocycles. The highest BCUT2D eigenvalue weighted by Crippen LogP contribution is 2.38. The van der Waals surface area contributed by atoms with E-state index in [1.807, 2.05) is 6.07 Å². The summed E-state index contributed by atoms with van der Waals surface area (Å²) in [6, 6.07) is 6.25. The summed E-state index contributed by atoms with van der Waals surface area (Å²) in [5.41, 5.74) is 1.77. The fraction of sp³-hybridized carbons (Fsp3) is 0.571. The van der Waals surface area contributed by atoms with Gasteiger partial charge in [0.25, 0.3) is 0 Å². The molecule has 4 heteroatoms. The van der Waals surface area contributed by atoms with Gasteiger partial charge in [0.05, 0.1) is 13.2 Å². The Morgan fingerprint density at radius 1 is 1.17 bits per heavy atom. The summed E-state index contributed by atoms with van der Waals surface area (Å²) in [5.74, 6) is 1.75. The summed E-state index contributed by atoms with van der Waals surface area (Å²) >= 11 is 0. The van der Waals surface area contributed by atoms with Gasteiger partial charge in [-0.2, -0.15) is 0 Å². The maximum atomic E-state index is 5.42. The molecule has 0 aromatic heterocycles. The Balaban J connectivity index is 1.45. The standard InChI is InChI=1S/C14H17NO3/c1-2-12-13(18-10-17-12)5-11(1)6-15-4-3-14(7-15)8-16-9-14/h1-2,5H,3-4,6-10H2. The fourth-order valence-electron chi connectivity index (χ4n) is 3.09. The van der Waals surface area contributed by atoms with Crippen molar-refractivity contribution in [2.24, 2.45) is 5.41 Å². The van der Waals surface area contributed by atoms with E-state index in [0.717, 1.165) is 31.3 Å². The first kappa shape index (κ1) is 10.6. The molecule has 0 aliphatic carbocycles. The molecular formula is C14H17NO3. The topological polar surface area (TPSA) is 30.9 Å². The molecule has 18 heavy (non-hydrogen) atoms. The molecule has 4 nitrogen and oxygen atoms in total. The summed E-state index contributed by atoms with van der Waals surface area (Å²) < 4.78 is 16.1. The van der Waals surface area contributed by atoms with Crippen molar-refractivity contribution in [3.05, 3.63) is 23.8 Å². The molecule has 3 aliphatic heterocycles. The first-order valence-corrected chi connectivity index (χ1v) is 6.52. The van der Waals surface area contributed by atoms with Crippen LogP contribution >= 0.6 is 0 Å². The van der Waals surface area contributed by atoms with E-state index in [9.17, 15) is 0 Å². The lowest BCUT2D eigenvalue weighted by Crippen LogP contribution is -2.44. The zero-order valence-corrected chi connectivity index (χ0v) is 10.4. The van der Waals surface area contributed by atoms with Crippen LogP contribution in [-0.4, -0.2) is 38.0 Å². The average Bonchev–Trinajstić information content (AvgIpc) is 2.93. The number of benzene rings is 1. The summed E-state index contributed by atoms with van der Waals surface area (Å²) in [7, 11) is 0. The SMILES string of the molecule is c1cc2c(cc1CN1CCC3(COC3)C1)OCO2. The van der Waals surface area contributed by atoms with Gasteiger partial charge < -0.3 is 14.2 Å². The van der Waals surface area contributed by atoms with Crippen molar-refractivity contribution >= 4 is 0 Å². The minimum Gasteiger partial charge on any atom is -0.454 e. The first-order chi connectivity index (χ1) is 8.83. The molecule has 1 aromatic carbocycles. The van der Waals surface area contributed by atoms with E-state index in [0.29, 0.717) is 12.2 Å². The van der Waals surface area contributed by atoms with Crippen LogP contribution in [0.1, 0.15) is 12.0 Å². The second-order valence-corrected chi connectivity index (χ2v) is 5.64. The fourth-order valence-corrected chi connectivity index (χ4v) is 3.09.